The molecule has 2 amide bonds. The first-order valence-electron chi connectivity index (χ1n) is 11.0. The summed E-state index contributed by atoms with van der Waals surface area (Å²) in [7, 11) is -2.03. The molecule has 0 spiro atoms. The first-order chi connectivity index (χ1) is 16.0. The van der Waals surface area contributed by atoms with E-state index in [-0.39, 0.29) is 37.7 Å². The van der Waals surface area contributed by atoms with Gasteiger partial charge < -0.3 is 10.2 Å². The van der Waals surface area contributed by atoms with Crippen molar-refractivity contribution in [3.05, 3.63) is 63.6 Å². The molecule has 0 saturated carbocycles. The van der Waals surface area contributed by atoms with E-state index in [0.717, 1.165) is 18.2 Å². The van der Waals surface area contributed by atoms with E-state index in [0.29, 0.717) is 21.3 Å². The summed E-state index contributed by atoms with van der Waals surface area (Å²) in [6, 6.07) is 11.5. The van der Waals surface area contributed by atoms with E-state index < -0.39 is 16.1 Å². The van der Waals surface area contributed by atoms with Crippen LogP contribution in [0.15, 0.2) is 42.5 Å². The number of halogens is 2. The van der Waals surface area contributed by atoms with Gasteiger partial charge in [0, 0.05) is 36.6 Å². The number of aryl methyl sites for hydroxylation is 1. The van der Waals surface area contributed by atoms with Crippen LogP contribution in [0.3, 0.4) is 0 Å². The van der Waals surface area contributed by atoms with Crippen LogP contribution in [-0.2, 0) is 32.6 Å². The monoisotopic (exact) mass is 527 g/mol. The Morgan fingerprint density at radius 3 is 2.26 bits per heavy atom. The van der Waals surface area contributed by atoms with Gasteiger partial charge in [-0.15, -0.1) is 0 Å². The fourth-order valence-electron chi connectivity index (χ4n) is 3.53. The highest BCUT2D eigenvalue weighted by atomic mass is 35.5. The van der Waals surface area contributed by atoms with Gasteiger partial charge in [0.1, 0.15) is 6.04 Å². The molecule has 1 N–H and O–H groups in total. The largest absolute Gasteiger partial charge is 0.357 e. The summed E-state index contributed by atoms with van der Waals surface area (Å²) in [6.07, 6.45) is 2.34. The third-order valence-electron chi connectivity index (χ3n) is 5.55. The van der Waals surface area contributed by atoms with Gasteiger partial charge in [-0.3, -0.25) is 13.9 Å². The van der Waals surface area contributed by atoms with E-state index in [1.807, 2.05) is 19.1 Å². The number of carbonyl (C=O) groups excluding carboxylic acids is 2. The number of likely N-dealkylation sites (N-methyl/N-ethyl adjacent to an activating group) is 1. The van der Waals surface area contributed by atoms with Crippen molar-refractivity contribution in [2.75, 3.05) is 24.2 Å². The molecule has 0 saturated heterocycles. The SMILES string of the molecule is CCc1ccc(N(CCCC(=O)N(Cc2ccc(Cl)cc2Cl)[C@H](C)C(=O)NC)S(C)(=O)=O)cc1. The molecule has 0 aliphatic heterocycles. The van der Waals surface area contributed by atoms with Crippen LogP contribution in [0.1, 0.15) is 37.8 Å². The molecule has 0 aliphatic rings. The van der Waals surface area contributed by atoms with E-state index in [4.69, 9.17) is 23.2 Å². The fourth-order valence-corrected chi connectivity index (χ4v) is 4.96. The molecule has 186 valence electrons. The van der Waals surface area contributed by atoms with Crippen molar-refractivity contribution in [3.8, 4) is 0 Å². The third-order valence-corrected chi connectivity index (χ3v) is 7.34. The van der Waals surface area contributed by atoms with Gasteiger partial charge in [0.2, 0.25) is 21.8 Å². The van der Waals surface area contributed by atoms with Gasteiger partial charge in [-0.2, -0.15) is 0 Å². The summed E-state index contributed by atoms with van der Waals surface area (Å²) >= 11 is 12.3. The normalized spacial score (nSPS) is 12.2. The first-order valence-corrected chi connectivity index (χ1v) is 13.6. The van der Waals surface area contributed by atoms with E-state index in [1.54, 1.807) is 37.3 Å². The summed E-state index contributed by atoms with van der Waals surface area (Å²) in [5.74, 6) is -0.593. The Morgan fingerprint density at radius 1 is 1.09 bits per heavy atom. The van der Waals surface area contributed by atoms with Crippen molar-refractivity contribution in [2.45, 2.75) is 45.7 Å². The topological polar surface area (TPSA) is 86.8 Å². The number of nitrogens with zero attached hydrogens (tertiary/aromatic N) is 2. The summed E-state index contributed by atoms with van der Waals surface area (Å²) in [5, 5.41) is 3.43. The van der Waals surface area contributed by atoms with E-state index >= 15 is 0 Å². The quantitative estimate of drug-likeness (QED) is 0.472. The van der Waals surface area contributed by atoms with Crippen molar-refractivity contribution in [3.63, 3.8) is 0 Å². The average Bonchev–Trinajstić information content (AvgIpc) is 2.79. The average molecular weight is 529 g/mol. The molecule has 0 fully saturated rings. The molecule has 0 unspecified atom stereocenters. The predicted molar refractivity (Wildman–Crippen MR) is 138 cm³/mol. The lowest BCUT2D eigenvalue weighted by molar-refractivity contribution is -0.140. The highest BCUT2D eigenvalue weighted by molar-refractivity contribution is 7.92. The van der Waals surface area contributed by atoms with Crippen LogP contribution in [0.25, 0.3) is 0 Å². The van der Waals surface area contributed by atoms with Crippen LogP contribution in [-0.4, -0.2) is 51.0 Å². The fraction of sp³-hybridized carbons (Fsp3) is 0.417. The van der Waals surface area contributed by atoms with Crippen LogP contribution in [0.4, 0.5) is 5.69 Å². The van der Waals surface area contributed by atoms with Crippen molar-refractivity contribution in [1.29, 1.82) is 0 Å². The number of hydrogen-bond donors (Lipinski definition) is 1. The maximum atomic E-state index is 13.1. The summed E-state index contributed by atoms with van der Waals surface area (Å²) < 4.78 is 26.1. The molecule has 2 aromatic rings. The minimum Gasteiger partial charge on any atom is -0.357 e. The maximum Gasteiger partial charge on any atom is 0.242 e. The molecular formula is C24H31Cl2N3O4S. The number of carbonyl (C=O) groups is 2. The molecule has 0 bridgehead atoms. The standard InChI is InChI=1S/C24H31Cl2N3O4S/c1-5-18-8-12-21(13-9-18)29(34(4,32)33)14-6-7-23(30)28(17(2)24(31)27-3)16-19-10-11-20(25)15-22(19)26/h8-13,15,17H,5-7,14,16H2,1-4H3,(H,27,31)/t17-/m1/s1. The van der Waals surface area contributed by atoms with E-state index in [1.165, 1.54) is 16.3 Å². The van der Waals surface area contributed by atoms with Crippen molar-refractivity contribution >= 4 is 50.7 Å². The molecule has 0 aromatic heterocycles. The Bertz CT molecular complexity index is 1110. The number of anilines is 1. The predicted octanol–water partition coefficient (Wildman–Crippen LogP) is 4.27. The van der Waals surface area contributed by atoms with Crippen LogP contribution >= 0.6 is 23.2 Å². The number of nitrogens with one attached hydrogen (secondary N) is 1. The Kier molecular flexibility index (Phi) is 10.2. The number of amides is 2. The molecule has 2 aromatic carbocycles. The molecule has 0 heterocycles. The summed E-state index contributed by atoms with van der Waals surface area (Å²) in [6.45, 7) is 3.92. The van der Waals surface area contributed by atoms with Gasteiger partial charge in [-0.1, -0.05) is 48.3 Å². The molecule has 7 nitrogen and oxygen atoms in total. The molecule has 34 heavy (non-hydrogen) atoms. The maximum absolute atomic E-state index is 13.1. The molecule has 0 aliphatic carbocycles. The first kappa shape index (κ1) is 28.0. The van der Waals surface area contributed by atoms with Crippen LogP contribution < -0.4 is 9.62 Å². The van der Waals surface area contributed by atoms with Gasteiger partial charge in [-0.25, -0.2) is 8.42 Å². The van der Waals surface area contributed by atoms with E-state index in [9.17, 15) is 18.0 Å². The lowest BCUT2D eigenvalue weighted by Gasteiger charge is -2.29. The second kappa shape index (κ2) is 12.4. The summed E-state index contributed by atoms with van der Waals surface area (Å²) in [4.78, 5) is 26.9. The highest BCUT2D eigenvalue weighted by Gasteiger charge is 2.26. The second-order valence-electron chi connectivity index (χ2n) is 8.01. The smallest absolute Gasteiger partial charge is 0.242 e. The van der Waals surface area contributed by atoms with Gasteiger partial charge in [-0.05, 0) is 55.2 Å². The second-order valence-corrected chi connectivity index (χ2v) is 10.8. The Balaban J connectivity index is 2.16. The third kappa shape index (κ3) is 7.61. The lowest BCUT2D eigenvalue weighted by Crippen LogP contribution is -2.46. The van der Waals surface area contributed by atoms with Gasteiger partial charge in [0.05, 0.1) is 11.9 Å². The molecule has 1 atom stereocenters. The van der Waals surface area contributed by atoms with Gasteiger partial charge >= 0.3 is 0 Å². The van der Waals surface area contributed by atoms with Gasteiger partial charge in [0.15, 0.2) is 0 Å². The Morgan fingerprint density at radius 2 is 1.74 bits per heavy atom. The number of rotatable bonds is 11. The molecule has 2 rings (SSSR count). The number of benzene rings is 2. The minimum atomic E-state index is -3.53. The van der Waals surface area contributed by atoms with Crippen molar-refractivity contribution < 1.29 is 18.0 Å². The highest BCUT2D eigenvalue weighted by Crippen LogP contribution is 2.24. The lowest BCUT2D eigenvalue weighted by atomic mass is 10.1. The zero-order valence-corrected chi connectivity index (χ0v) is 22.2. The van der Waals surface area contributed by atoms with Crippen molar-refractivity contribution in [1.82, 2.24) is 10.2 Å². The van der Waals surface area contributed by atoms with Crippen LogP contribution in [0, 0.1) is 0 Å². The van der Waals surface area contributed by atoms with Crippen LogP contribution in [0.5, 0.6) is 0 Å². The zero-order chi connectivity index (χ0) is 25.5. The summed E-state index contributed by atoms with van der Waals surface area (Å²) in [5.41, 5.74) is 2.31. The zero-order valence-electron chi connectivity index (χ0n) is 19.8. The Labute approximate surface area is 212 Å². The molecule has 10 heteroatoms. The molecule has 0 radical (unpaired) electrons. The number of sulfonamides is 1. The Hall–Kier alpha value is -2.29. The molecular weight excluding hydrogens is 497 g/mol. The van der Waals surface area contributed by atoms with E-state index in [2.05, 4.69) is 5.32 Å². The van der Waals surface area contributed by atoms with Gasteiger partial charge in [0.25, 0.3) is 0 Å². The minimum absolute atomic E-state index is 0.0611. The van der Waals surface area contributed by atoms with Crippen LogP contribution in [0.2, 0.25) is 10.0 Å². The number of hydrogen-bond acceptors (Lipinski definition) is 4. The van der Waals surface area contributed by atoms with Crippen molar-refractivity contribution in [2.24, 2.45) is 0 Å².